The van der Waals surface area contributed by atoms with Crippen molar-refractivity contribution >= 4 is 33.2 Å². The first-order chi connectivity index (χ1) is 11.8. The Bertz CT molecular complexity index is 725. The number of piperidine rings is 1. The molecule has 7 nitrogen and oxygen atoms in total. The van der Waals surface area contributed by atoms with E-state index in [2.05, 4.69) is 10.6 Å². The summed E-state index contributed by atoms with van der Waals surface area (Å²) in [6, 6.07) is 6.94. The molecule has 0 radical (unpaired) electrons. The first-order valence-corrected chi connectivity index (χ1v) is 10.1. The van der Waals surface area contributed by atoms with Gasteiger partial charge in [0.05, 0.1) is 5.75 Å². The number of amides is 2. The van der Waals surface area contributed by atoms with Crippen molar-refractivity contribution in [1.29, 1.82) is 0 Å². The summed E-state index contributed by atoms with van der Waals surface area (Å²) < 4.78 is 25.6. The predicted octanol–water partition coefficient (Wildman–Crippen LogP) is 2.04. The molecule has 0 atom stereocenters. The Balaban J connectivity index is 1.92. The number of hydrogen-bond donors (Lipinski definition) is 2. The monoisotopic (exact) mass is 367 g/mol. The largest absolute Gasteiger partial charge is 0.326 e. The Morgan fingerprint density at radius 2 is 1.76 bits per heavy atom. The number of hydrogen-bond acceptors (Lipinski definition) is 4. The van der Waals surface area contributed by atoms with Gasteiger partial charge >= 0.3 is 0 Å². The van der Waals surface area contributed by atoms with Crippen molar-refractivity contribution in [2.24, 2.45) is 5.92 Å². The smallest absolute Gasteiger partial charge is 0.227 e. The first-order valence-electron chi connectivity index (χ1n) is 8.48. The zero-order valence-electron chi connectivity index (χ0n) is 14.6. The Morgan fingerprint density at radius 1 is 1.16 bits per heavy atom. The average molecular weight is 367 g/mol. The fourth-order valence-electron chi connectivity index (χ4n) is 2.91. The highest BCUT2D eigenvalue weighted by Gasteiger charge is 2.30. The lowest BCUT2D eigenvalue weighted by Gasteiger charge is -2.30. The van der Waals surface area contributed by atoms with Crippen LogP contribution in [0.4, 0.5) is 11.4 Å². The van der Waals surface area contributed by atoms with Crippen molar-refractivity contribution in [3.8, 4) is 0 Å². The molecule has 0 saturated carbocycles. The Hall–Kier alpha value is -1.93. The van der Waals surface area contributed by atoms with E-state index in [0.29, 0.717) is 43.7 Å². The van der Waals surface area contributed by atoms with E-state index in [4.69, 9.17) is 0 Å². The van der Waals surface area contributed by atoms with Crippen molar-refractivity contribution in [2.45, 2.75) is 33.1 Å². The Morgan fingerprint density at radius 3 is 2.32 bits per heavy atom. The molecule has 1 aromatic carbocycles. The van der Waals surface area contributed by atoms with E-state index in [1.54, 1.807) is 24.3 Å². The third-order valence-electron chi connectivity index (χ3n) is 4.13. The lowest BCUT2D eigenvalue weighted by molar-refractivity contribution is -0.121. The molecular weight excluding hydrogens is 342 g/mol. The average Bonchev–Trinajstić information content (AvgIpc) is 2.54. The summed E-state index contributed by atoms with van der Waals surface area (Å²) in [6.07, 6.45) is 1.62. The molecule has 1 aliphatic rings. The lowest BCUT2D eigenvalue weighted by atomic mass is 9.97. The van der Waals surface area contributed by atoms with Gasteiger partial charge in [-0.1, -0.05) is 13.0 Å². The minimum absolute atomic E-state index is 0.118. The van der Waals surface area contributed by atoms with Gasteiger partial charge in [-0.15, -0.1) is 0 Å². The van der Waals surface area contributed by atoms with Crippen LogP contribution in [0.25, 0.3) is 0 Å². The molecule has 1 heterocycles. The van der Waals surface area contributed by atoms with Crippen molar-refractivity contribution in [2.75, 3.05) is 29.5 Å². The number of nitrogens with one attached hydrogen (secondary N) is 2. The molecule has 2 N–H and O–H groups in total. The maximum atomic E-state index is 12.4. The first kappa shape index (κ1) is 19.4. The van der Waals surface area contributed by atoms with Crippen molar-refractivity contribution in [3.63, 3.8) is 0 Å². The van der Waals surface area contributed by atoms with Gasteiger partial charge in [0, 0.05) is 37.3 Å². The van der Waals surface area contributed by atoms with Gasteiger partial charge < -0.3 is 10.6 Å². The lowest BCUT2D eigenvalue weighted by Crippen LogP contribution is -2.42. The molecule has 1 aromatic rings. The summed E-state index contributed by atoms with van der Waals surface area (Å²) in [5.74, 6) is -0.353. The SMILES string of the molecule is CCCS(=O)(=O)N1CCC(C(=O)Nc2cccc(NC(C)=O)c2)CC1. The molecule has 8 heteroatoms. The number of rotatable bonds is 6. The number of nitrogens with zero attached hydrogens (tertiary/aromatic N) is 1. The maximum absolute atomic E-state index is 12.4. The Labute approximate surface area is 148 Å². The van der Waals surface area contributed by atoms with E-state index in [9.17, 15) is 18.0 Å². The zero-order chi connectivity index (χ0) is 18.4. The van der Waals surface area contributed by atoms with Crippen LogP contribution in [0.5, 0.6) is 0 Å². The molecule has 0 bridgehead atoms. The summed E-state index contributed by atoms with van der Waals surface area (Å²) in [6.45, 7) is 4.02. The van der Waals surface area contributed by atoms with Crippen LogP contribution >= 0.6 is 0 Å². The van der Waals surface area contributed by atoms with Crippen LogP contribution in [0.15, 0.2) is 24.3 Å². The third-order valence-corrected chi connectivity index (χ3v) is 6.21. The van der Waals surface area contributed by atoms with E-state index in [0.717, 1.165) is 0 Å². The summed E-state index contributed by atoms with van der Waals surface area (Å²) in [4.78, 5) is 23.5. The third kappa shape index (κ3) is 5.54. The van der Waals surface area contributed by atoms with Gasteiger partial charge in [0.2, 0.25) is 21.8 Å². The van der Waals surface area contributed by atoms with Crippen molar-refractivity contribution in [3.05, 3.63) is 24.3 Å². The fraction of sp³-hybridized carbons (Fsp3) is 0.529. The molecule has 25 heavy (non-hydrogen) atoms. The van der Waals surface area contributed by atoms with E-state index >= 15 is 0 Å². The standard InChI is InChI=1S/C17H25N3O4S/c1-3-11-25(23,24)20-9-7-14(8-10-20)17(22)19-16-6-4-5-15(12-16)18-13(2)21/h4-6,12,14H,3,7-11H2,1-2H3,(H,18,21)(H,19,22). The summed E-state index contributed by atoms with van der Waals surface area (Å²) in [5.41, 5.74) is 1.23. The van der Waals surface area contributed by atoms with Crippen LogP contribution in [0.1, 0.15) is 33.1 Å². The van der Waals surface area contributed by atoms with Crippen LogP contribution in [-0.4, -0.2) is 43.4 Å². The fourth-order valence-corrected chi connectivity index (χ4v) is 4.45. The number of benzene rings is 1. The second-order valence-corrected chi connectivity index (χ2v) is 8.33. The van der Waals surface area contributed by atoms with Crippen molar-refractivity contribution < 1.29 is 18.0 Å². The van der Waals surface area contributed by atoms with Crippen LogP contribution in [0.2, 0.25) is 0 Å². The normalized spacial score (nSPS) is 16.4. The number of carbonyl (C=O) groups excluding carboxylic acids is 2. The molecule has 0 aromatic heterocycles. The highest BCUT2D eigenvalue weighted by atomic mass is 32.2. The summed E-state index contributed by atoms with van der Waals surface area (Å²) in [7, 11) is -3.20. The molecule has 1 aliphatic heterocycles. The van der Waals surface area contributed by atoms with Crippen molar-refractivity contribution in [1.82, 2.24) is 4.31 Å². The van der Waals surface area contributed by atoms with Gasteiger partial charge in [0.1, 0.15) is 0 Å². The number of anilines is 2. The molecule has 0 spiro atoms. The minimum atomic E-state index is -3.20. The Kier molecular flexibility index (Phi) is 6.55. The van der Waals surface area contributed by atoms with E-state index < -0.39 is 10.0 Å². The van der Waals surface area contributed by atoms with Crippen LogP contribution in [0, 0.1) is 5.92 Å². The molecule has 138 valence electrons. The quantitative estimate of drug-likeness (QED) is 0.804. The van der Waals surface area contributed by atoms with E-state index in [-0.39, 0.29) is 23.5 Å². The van der Waals surface area contributed by atoms with Gasteiger partial charge in [-0.05, 0) is 37.5 Å². The highest BCUT2D eigenvalue weighted by molar-refractivity contribution is 7.89. The minimum Gasteiger partial charge on any atom is -0.326 e. The predicted molar refractivity (Wildman–Crippen MR) is 97.8 cm³/mol. The molecule has 0 aliphatic carbocycles. The van der Waals surface area contributed by atoms with Gasteiger partial charge in [0.15, 0.2) is 0 Å². The van der Waals surface area contributed by atoms with E-state index in [1.165, 1.54) is 11.2 Å². The molecule has 1 saturated heterocycles. The second-order valence-electron chi connectivity index (χ2n) is 6.24. The van der Waals surface area contributed by atoms with Crippen LogP contribution in [-0.2, 0) is 19.6 Å². The van der Waals surface area contributed by atoms with Crippen LogP contribution < -0.4 is 10.6 Å². The number of carbonyl (C=O) groups is 2. The topological polar surface area (TPSA) is 95.6 Å². The molecule has 2 amide bonds. The number of sulfonamides is 1. The highest BCUT2D eigenvalue weighted by Crippen LogP contribution is 2.23. The van der Waals surface area contributed by atoms with Gasteiger partial charge in [0.25, 0.3) is 0 Å². The van der Waals surface area contributed by atoms with Crippen LogP contribution in [0.3, 0.4) is 0 Å². The summed E-state index contributed by atoms with van der Waals surface area (Å²) in [5, 5.41) is 5.51. The summed E-state index contributed by atoms with van der Waals surface area (Å²) >= 11 is 0. The second kappa shape index (κ2) is 8.44. The van der Waals surface area contributed by atoms with E-state index in [1.807, 2.05) is 6.92 Å². The van der Waals surface area contributed by atoms with Gasteiger partial charge in [-0.25, -0.2) is 12.7 Å². The molecule has 0 unspecified atom stereocenters. The zero-order valence-corrected chi connectivity index (χ0v) is 15.4. The maximum Gasteiger partial charge on any atom is 0.227 e. The molecule has 1 fully saturated rings. The molecular formula is C17H25N3O4S. The molecule has 2 rings (SSSR count). The van der Waals surface area contributed by atoms with Gasteiger partial charge in [-0.2, -0.15) is 0 Å². The van der Waals surface area contributed by atoms with Gasteiger partial charge in [-0.3, -0.25) is 9.59 Å².